The molecule has 1 aromatic carbocycles. The summed E-state index contributed by atoms with van der Waals surface area (Å²) in [5.41, 5.74) is 2.07. The van der Waals surface area contributed by atoms with Crippen molar-refractivity contribution in [3.63, 3.8) is 0 Å². The number of aromatic nitrogens is 3. The fourth-order valence-corrected chi connectivity index (χ4v) is 1.47. The van der Waals surface area contributed by atoms with Crippen molar-refractivity contribution in [1.29, 1.82) is 0 Å². The molecule has 0 saturated carbocycles. The standard InChI is InChI=1S/C11H13N3/c1-2-3-6-9-14-11-8-5-4-7-10(11)12-13-14/h2,4-5,7-8H,1,3,6,9H2. The molecule has 14 heavy (non-hydrogen) atoms. The van der Waals surface area contributed by atoms with Gasteiger partial charge in [0, 0.05) is 6.54 Å². The molecule has 0 fully saturated rings. The maximum absolute atomic E-state index is 4.10. The van der Waals surface area contributed by atoms with Gasteiger partial charge < -0.3 is 0 Å². The van der Waals surface area contributed by atoms with Gasteiger partial charge in [0.15, 0.2) is 0 Å². The van der Waals surface area contributed by atoms with Gasteiger partial charge in [-0.15, -0.1) is 11.7 Å². The molecular formula is C11H13N3. The van der Waals surface area contributed by atoms with Crippen molar-refractivity contribution in [3.8, 4) is 0 Å². The third kappa shape index (κ3) is 1.66. The second kappa shape index (κ2) is 4.05. The SMILES string of the molecule is C=CCCCn1nnc2ccccc21. The average molecular weight is 187 g/mol. The third-order valence-electron chi connectivity index (χ3n) is 2.20. The van der Waals surface area contributed by atoms with E-state index in [0.29, 0.717) is 0 Å². The van der Waals surface area contributed by atoms with Crippen molar-refractivity contribution in [2.75, 3.05) is 0 Å². The summed E-state index contributed by atoms with van der Waals surface area (Å²) in [7, 11) is 0. The van der Waals surface area contributed by atoms with Crippen molar-refractivity contribution >= 4 is 11.0 Å². The Labute approximate surface area is 83.0 Å². The highest BCUT2D eigenvalue weighted by atomic mass is 15.4. The molecule has 0 aliphatic carbocycles. The molecule has 2 aromatic rings. The molecule has 0 amide bonds. The average Bonchev–Trinajstić information content (AvgIpc) is 2.63. The molecule has 0 spiro atoms. The van der Waals surface area contributed by atoms with E-state index in [1.54, 1.807) is 0 Å². The van der Waals surface area contributed by atoms with Crippen LogP contribution in [-0.4, -0.2) is 15.0 Å². The van der Waals surface area contributed by atoms with E-state index in [0.717, 1.165) is 30.4 Å². The summed E-state index contributed by atoms with van der Waals surface area (Å²) in [6.07, 6.45) is 4.02. The summed E-state index contributed by atoms with van der Waals surface area (Å²) in [6.45, 7) is 4.61. The Morgan fingerprint density at radius 1 is 1.36 bits per heavy atom. The summed E-state index contributed by atoms with van der Waals surface area (Å²) in [5, 5.41) is 8.18. The van der Waals surface area contributed by atoms with Crippen molar-refractivity contribution in [3.05, 3.63) is 36.9 Å². The molecule has 0 saturated heterocycles. The van der Waals surface area contributed by atoms with E-state index in [2.05, 4.69) is 16.9 Å². The maximum atomic E-state index is 4.10. The van der Waals surface area contributed by atoms with Crippen LogP contribution in [0.5, 0.6) is 0 Å². The lowest BCUT2D eigenvalue weighted by Gasteiger charge is -1.99. The highest BCUT2D eigenvalue weighted by molar-refractivity contribution is 5.73. The Morgan fingerprint density at radius 3 is 3.07 bits per heavy atom. The quantitative estimate of drug-likeness (QED) is 0.543. The number of rotatable bonds is 4. The predicted octanol–water partition coefficient (Wildman–Crippen LogP) is 2.40. The van der Waals surface area contributed by atoms with Gasteiger partial charge in [-0.3, -0.25) is 0 Å². The molecule has 0 N–H and O–H groups in total. The maximum Gasteiger partial charge on any atom is 0.113 e. The van der Waals surface area contributed by atoms with Gasteiger partial charge in [-0.25, -0.2) is 4.68 Å². The third-order valence-corrected chi connectivity index (χ3v) is 2.20. The summed E-state index contributed by atoms with van der Waals surface area (Å²) < 4.78 is 1.94. The Morgan fingerprint density at radius 2 is 2.21 bits per heavy atom. The molecule has 1 aromatic heterocycles. The number of unbranched alkanes of at least 4 members (excludes halogenated alkanes) is 1. The Kier molecular flexibility index (Phi) is 2.58. The monoisotopic (exact) mass is 187 g/mol. The molecule has 2 rings (SSSR count). The van der Waals surface area contributed by atoms with E-state index in [4.69, 9.17) is 0 Å². The minimum Gasteiger partial charge on any atom is -0.245 e. The van der Waals surface area contributed by atoms with Gasteiger partial charge in [-0.05, 0) is 25.0 Å². The summed E-state index contributed by atoms with van der Waals surface area (Å²) in [4.78, 5) is 0. The van der Waals surface area contributed by atoms with Crippen molar-refractivity contribution in [1.82, 2.24) is 15.0 Å². The van der Waals surface area contributed by atoms with Gasteiger partial charge >= 0.3 is 0 Å². The molecule has 72 valence electrons. The molecule has 0 unspecified atom stereocenters. The summed E-state index contributed by atoms with van der Waals surface area (Å²) in [5.74, 6) is 0. The Bertz CT molecular complexity index is 431. The van der Waals surface area contributed by atoms with Crippen LogP contribution in [0.1, 0.15) is 12.8 Å². The number of fused-ring (bicyclic) bond motifs is 1. The Hall–Kier alpha value is -1.64. The number of aryl methyl sites for hydroxylation is 1. The molecule has 0 aliphatic rings. The number of nitrogens with zero attached hydrogens (tertiary/aromatic N) is 3. The molecule has 0 radical (unpaired) electrons. The van der Waals surface area contributed by atoms with Gasteiger partial charge in [0.1, 0.15) is 5.52 Å². The van der Waals surface area contributed by atoms with E-state index < -0.39 is 0 Å². The topological polar surface area (TPSA) is 30.7 Å². The zero-order valence-corrected chi connectivity index (χ0v) is 8.06. The van der Waals surface area contributed by atoms with Crippen LogP contribution in [0.2, 0.25) is 0 Å². The van der Waals surface area contributed by atoms with Crippen molar-refractivity contribution in [2.45, 2.75) is 19.4 Å². The van der Waals surface area contributed by atoms with Gasteiger partial charge in [-0.2, -0.15) is 0 Å². The second-order valence-corrected chi connectivity index (χ2v) is 3.23. The first-order valence-electron chi connectivity index (χ1n) is 4.81. The largest absolute Gasteiger partial charge is 0.245 e. The lowest BCUT2D eigenvalue weighted by molar-refractivity contribution is 0.578. The van der Waals surface area contributed by atoms with Crippen LogP contribution in [0.15, 0.2) is 36.9 Å². The zero-order chi connectivity index (χ0) is 9.80. The highest BCUT2D eigenvalue weighted by Crippen LogP contribution is 2.10. The first-order valence-corrected chi connectivity index (χ1v) is 4.81. The number of para-hydroxylation sites is 1. The number of hydrogen-bond donors (Lipinski definition) is 0. The fourth-order valence-electron chi connectivity index (χ4n) is 1.47. The normalized spacial score (nSPS) is 10.6. The van der Waals surface area contributed by atoms with E-state index in [1.165, 1.54) is 0 Å². The summed E-state index contributed by atoms with van der Waals surface area (Å²) >= 11 is 0. The predicted molar refractivity (Wildman–Crippen MR) is 57.0 cm³/mol. The smallest absolute Gasteiger partial charge is 0.113 e. The molecule has 1 heterocycles. The van der Waals surface area contributed by atoms with Crippen LogP contribution in [-0.2, 0) is 6.54 Å². The van der Waals surface area contributed by atoms with Crippen molar-refractivity contribution in [2.24, 2.45) is 0 Å². The highest BCUT2D eigenvalue weighted by Gasteiger charge is 2.01. The first kappa shape index (κ1) is 8.94. The zero-order valence-electron chi connectivity index (χ0n) is 8.06. The minimum absolute atomic E-state index is 0.909. The van der Waals surface area contributed by atoms with Crippen LogP contribution in [0, 0.1) is 0 Å². The van der Waals surface area contributed by atoms with E-state index in [-0.39, 0.29) is 0 Å². The Balaban J connectivity index is 2.20. The molecular weight excluding hydrogens is 174 g/mol. The van der Waals surface area contributed by atoms with Gasteiger partial charge in [0.25, 0.3) is 0 Å². The number of allylic oxidation sites excluding steroid dienone is 1. The second-order valence-electron chi connectivity index (χ2n) is 3.23. The number of benzene rings is 1. The van der Waals surface area contributed by atoms with Crippen LogP contribution in [0.3, 0.4) is 0 Å². The van der Waals surface area contributed by atoms with Gasteiger partial charge in [-0.1, -0.05) is 23.4 Å². The number of hydrogen-bond acceptors (Lipinski definition) is 2. The van der Waals surface area contributed by atoms with Gasteiger partial charge in [0.05, 0.1) is 5.52 Å². The molecule has 3 nitrogen and oxygen atoms in total. The van der Waals surface area contributed by atoms with E-state index >= 15 is 0 Å². The summed E-state index contributed by atoms with van der Waals surface area (Å²) in [6, 6.07) is 8.01. The van der Waals surface area contributed by atoms with E-state index in [9.17, 15) is 0 Å². The fraction of sp³-hybridized carbons (Fsp3) is 0.273. The lowest BCUT2D eigenvalue weighted by Crippen LogP contribution is -1.99. The molecule has 3 heteroatoms. The van der Waals surface area contributed by atoms with Crippen molar-refractivity contribution < 1.29 is 0 Å². The van der Waals surface area contributed by atoms with Crippen LogP contribution >= 0.6 is 0 Å². The molecule has 0 bridgehead atoms. The van der Waals surface area contributed by atoms with Crippen LogP contribution in [0.25, 0.3) is 11.0 Å². The van der Waals surface area contributed by atoms with Crippen LogP contribution in [0.4, 0.5) is 0 Å². The van der Waals surface area contributed by atoms with Gasteiger partial charge in [0.2, 0.25) is 0 Å². The molecule has 0 atom stereocenters. The van der Waals surface area contributed by atoms with E-state index in [1.807, 2.05) is 35.0 Å². The van der Waals surface area contributed by atoms with Crippen LogP contribution < -0.4 is 0 Å². The first-order chi connectivity index (χ1) is 6.92. The minimum atomic E-state index is 0.909. The lowest BCUT2D eigenvalue weighted by atomic mass is 10.3. The molecule has 0 aliphatic heterocycles.